The minimum atomic E-state index is -0.419. The first-order valence-electron chi connectivity index (χ1n) is 15.6. The van der Waals surface area contributed by atoms with E-state index in [9.17, 15) is 0 Å². The lowest BCUT2D eigenvalue weighted by Gasteiger charge is -2.43. The number of benzene rings is 4. The van der Waals surface area contributed by atoms with Crippen molar-refractivity contribution in [3.8, 4) is 11.1 Å². The molecule has 1 aliphatic heterocycles. The van der Waals surface area contributed by atoms with Crippen molar-refractivity contribution in [2.75, 3.05) is 12.0 Å². The highest BCUT2D eigenvalue weighted by molar-refractivity contribution is 6.61. The third kappa shape index (κ3) is 4.84. The number of anilines is 3. The van der Waals surface area contributed by atoms with Gasteiger partial charge in [0.05, 0.1) is 11.4 Å². The van der Waals surface area contributed by atoms with Crippen molar-refractivity contribution in [1.29, 1.82) is 0 Å². The summed E-state index contributed by atoms with van der Waals surface area (Å²) >= 11 is 0. The molecule has 4 heteroatoms. The van der Waals surface area contributed by atoms with E-state index in [1.165, 1.54) is 56.0 Å². The first-order chi connectivity index (χ1) is 20.0. The van der Waals surface area contributed by atoms with Crippen molar-refractivity contribution in [2.24, 2.45) is 0 Å². The van der Waals surface area contributed by atoms with Crippen LogP contribution in [0.5, 0.6) is 0 Å². The van der Waals surface area contributed by atoms with Gasteiger partial charge < -0.3 is 14.2 Å². The van der Waals surface area contributed by atoms with Crippen molar-refractivity contribution in [3.63, 3.8) is 0 Å². The summed E-state index contributed by atoms with van der Waals surface area (Å²) < 4.78 is 12.1. The standard InChI is InChI=1S/C39H46BNO2/c1-36(2,3)25-16-19-27(20-17-25)41-34-15-13-12-14-30(34)38(7,8)33-23-29-28-21-18-26(40(42-11)43-37(4,5)6)22-31(28)39(9,10)32(29)24-35(33)41/h12-24H,1-11H3. The summed E-state index contributed by atoms with van der Waals surface area (Å²) in [6, 6.07) is 29.8. The highest BCUT2D eigenvalue weighted by Crippen LogP contribution is 2.57. The molecule has 0 saturated carbocycles. The molecule has 2 aliphatic rings. The Morgan fingerprint density at radius 2 is 1.26 bits per heavy atom. The predicted octanol–water partition coefficient (Wildman–Crippen LogP) is 9.56. The zero-order valence-corrected chi connectivity index (χ0v) is 27.8. The van der Waals surface area contributed by atoms with Crippen LogP contribution in [-0.2, 0) is 25.6 Å². The van der Waals surface area contributed by atoms with Gasteiger partial charge in [0.25, 0.3) is 0 Å². The molecule has 0 fully saturated rings. The van der Waals surface area contributed by atoms with E-state index in [0.29, 0.717) is 0 Å². The smallest absolute Gasteiger partial charge is 0.410 e. The Bertz CT molecular complexity index is 1700. The van der Waals surface area contributed by atoms with Gasteiger partial charge in [-0.2, -0.15) is 0 Å². The number of hydrogen-bond donors (Lipinski definition) is 0. The van der Waals surface area contributed by atoms with Gasteiger partial charge in [-0.1, -0.05) is 97.0 Å². The Morgan fingerprint density at radius 1 is 0.628 bits per heavy atom. The summed E-state index contributed by atoms with van der Waals surface area (Å²) in [5.41, 5.74) is 13.5. The average molecular weight is 572 g/mol. The van der Waals surface area contributed by atoms with E-state index < -0.39 is 7.12 Å². The first-order valence-corrected chi connectivity index (χ1v) is 15.6. The molecule has 0 bridgehead atoms. The van der Waals surface area contributed by atoms with Crippen LogP contribution in [-0.4, -0.2) is 19.8 Å². The highest BCUT2D eigenvalue weighted by atomic mass is 16.6. The van der Waals surface area contributed by atoms with E-state index in [1.54, 1.807) is 7.11 Å². The van der Waals surface area contributed by atoms with E-state index in [1.807, 2.05) is 0 Å². The van der Waals surface area contributed by atoms with Crippen LogP contribution in [0, 0.1) is 0 Å². The largest absolute Gasteiger partial charge is 0.494 e. The van der Waals surface area contributed by atoms with Crippen LogP contribution >= 0.6 is 0 Å². The topological polar surface area (TPSA) is 21.7 Å². The lowest BCUT2D eigenvalue weighted by molar-refractivity contribution is 0.0982. The molecule has 1 aliphatic carbocycles. The highest BCUT2D eigenvalue weighted by Gasteiger charge is 2.43. The molecule has 222 valence electrons. The van der Waals surface area contributed by atoms with Gasteiger partial charge in [0, 0.05) is 29.2 Å². The Hall–Kier alpha value is -3.34. The van der Waals surface area contributed by atoms with Gasteiger partial charge in [-0.05, 0) is 101 Å². The molecule has 0 unspecified atom stereocenters. The number of fused-ring (bicyclic) bond motifs is 5. The molecular weight excluding hydrogens is 525 g/mol. The molecule has 4 aromatic rings. The Balaban J connectivity index is 1.54. The Morgan fingerprint density at radius 3 is 1.88 bits per heavy atom. The van der Waals surface area contributed by atoms with Gasteiger partial charge in [0.15, 0.2) is 0 Å². The zero-order valence-electron chi connectivity index (χ0n) is 27.8. The van der Waals surface area contributed by atoms with Gasteiger partial charge in [-0.25, -0.2) is 0 Å². The second kappa shape index (κ2) is 9.84. The van der Waals surface area contributed by atoms with Crippen LogP contribution in [0.1, 0.15) is 97.1 Å². The molecule has 0 aromatic heterocycles. The third-order valence-electron chi connectivity index (χ3n) is 9.49. The quantitative estimate of drug-likeness (QED) is 0.228. The summed E-state index contributed by atoms with van der Waals surface area (Å²) in [4.78, 5) is 2.48. The zero-order chi connectivity index (χ0) is 31.1. The average Bonchev–Trinajstić information content (AvgIpc) is 3.16. The SMILES string of the molecule is COB(OC(C)(C)C)c1ccc2c(c1)C(C)(C)c1cc3c(cc1-2)C(C)(C)c1ccccc1N3c1ccc(C(C)(C)C)cc1. The second-order valence-electron chi connectivity index (χ2n) is 15.4. The lowest BCUT2D eigenvalue weighted by Crippen LogP contribution is -2.42. The molecule has 1 heterocycles. The van der Waals surface area contributed by atoms with Crippen LogP contribution in [0.25, 0.3) is 11.1 Å². The Labute approximate surface area is 259 Å². The van der Waals surface area contributed by atoms with Gasteiger partial charge in [-0.3, -0.25) is 0 Å². The Kier molecular flexibility index (Phi) is 6.80. The number of nitrogens with zero attached hydrogens (tertiary/aromatic N) is 1. The fourth-order valence-electron chi connectivity index (χ4n) is 7.05. The van der Waals surface area contributed by atoms with Crippen molar-refractivity contribution in [2.45, 2.75) is 91.1 Å². The van der Waals surface area contributed by atoms with Crippen LogP contribution in [0.4, 0.5) is 17.1 Å². The van der Waals surface area contributed by atoms with Gasteiger partial charge in [0.2, 0.25) is 0 Å². The normalized spacial score (nSPS) is 16.3. The van der Waals surface area contributed by atoms with Crippen molar-refractivity contribution >= 4 is 29.6 Å². The molecule has 0 spiro atoms. The monoisotopic (exact) mass is 571 g/mol. The molecule has 0 amide bonds. The van der Waals surface area contributed by atoms with E-state index in [2.05, 4.69) is 153 Å². The molecule has 0 N–H and O–H groups in total. The third-order valence-corrected chi connectivity index (χ3v) is 9.49. The molecule has 43 heavy (non-hydrogen) atoms. The van der Waals surface area contributed by atoms with Crippen LogP contribution in [0.2, 0.25) is 0 Å². The van der Waals surface area contributed by atoms with Gasteiger partial charge in [-0.15, -0.1) is 0 Å². The molecule has 0 radical (unpaired) electrons. The van der Waals surface area contributed by atoms with E-state index in [4.69, 9.17) is 9.31 Å². The summed E-state index contributed by atoms with van der Waals surface area (Å²) in [6.45, 7) is 22.5. The minimum absolute atomic E-state index is 0.105. The van der Waals surface area contributed by atoms with Crippen LogP contribution in [0.3, 0.4) is 0 Å². The fraction of sp³-hybridized carbons (Fsp3) is 0.385. The molecule has 0 atom stereocenters. The molecule has 0 saturated heterocycles. The molecule has 3 nitrogen and oxygen atoms in total. The van der Waals surface area contributed by atoms with Crippen LogP contribution < -0.4 is 10.4 Å². The maximum Gasteiger partial charge on any atom is 0.494 e. The fourth-order valence-corrected chi connectivity index (χ4v) is 7.05. The summed E-state index contributed by atoms with van der Waals surface area (Å²) in [5.74, 6) is 0. The number of hydrogen-bond acceptors (Lipinski definition) is 3. The summed E-state index contributed by atoms with van der Waals surface area (Å²) in [5, 5.41) is 0. The van der Waals surface area contributed by atoms with E-state index >= 15 is 0 Å². The van der Waals surface area contributed by atoms with E-state index in [-0.39, 0.29) is 21.8 Å². The maximum atomic E-state index is 6.29. The maximum absolute atomic E-state index is 6.29. The molecule has 4 aromatic carbocycles. The van der Waals surface area contributed by atoms with Crippen molar-refractivity contribution < 1.29 is 9.31 Å². The van der Waals surface area contributed by atoms with Crippen molar-refractivity contribution in [3.05, 3.63) is 107 Å². The first kappa shape index (κ1) is 29.7. The molecule has 6 rings (SSSR count). The predicted molar refractivity (Wildman–Crippen MR) is 183 cm³/mol. The van der Waals surface area contributed by atoms with Crippen molar-refractivity contribution in [1.82, 2.24) is 0 Å². The number of para-hydroxylation sites is 1. The summed E-state index contributed by atoms with van der Waals surface area (Å²) in [7, 11) is 1.30. The number of rotatable bonds is 4. The van der Waals surface area contributed by atoms with Gasteiger partial charge >= 0.3 is 7.12 Å². The van der Waals surface area contributed by atoms with Gasteiger partial charge in [0.1, 0.15) is 0 Å². The van der Waals surface area contributed by atoms with E-state index in [0.717, 1.165) is 5.46 Å². The lowest BCUT2D eigenvalue weighted by atomic mass is 9.71. The minimum Gasteiger partial charge on any atom is -0.410 e. The summed E-state index contributed by atoms with van der Waals surface area (Å²) in [6.07, 6.45) is 0. The van der Waals surface area contributed by atoms with Crippen LogP contribution in [0.15, 0.2) is 78.9 Å². The molecular formula is C39H46BNO2. The second-order valence-corrected chi connectivity index (χ2v) is 15.4.